The van der Waals surface area contributed by atoms with Gasteiger partial charge in [0.1, 0.15) is 6.10 Å². The van der Waals surface area contributed by atoms with Crippen molar-refractivity contribution in [3.05, 3.63) is 22.8 Å². The molecule has 1 saturated carbocycles. The molecule has 0 radical (unpaired) electrons. The van der Waals surface area contributed by atoms with Crippen molar-refractivity contribution in [1.29, 1.82) is 0 Å². The van der Waals surface area contributed by atoms with Crippen molar-refractivity contribution in [3.8, 4) is 5.88 Å². The highest BCUT2D eigenvalue weighted by molar-refractivity contribution is 6.31. The Balaban J connectivity index is 2.01. The number of hydrogen-bond acceptors (Lipinski definition) is 3. The van der Waals surface area contributed by atoms with Crippen LogP contribution in [0, 0.1) is 0 Å². The summed E-state index contributed by atoms with van der Waals surface area (Å²) < 4.78 is 5.78. The second kappa shape index (κ2) is 5.45. The van der Waals surface area contributed by atoms with E-state index in [0.29, 0.717) is 23.6 Å². The monoisotopic (exact) mass is 268 g/mol. The van der Waals surface area contributed by atoms with Gasteiger partial charge < -0.3 is 10.1 Å². The molecule has 1 aromatic rings. The molecule has 0 aromatic carbocycles. The van der Waals surface area contributed by atoms with E-state index in [4.69, 9.17) is 16.3 Å². The Labute approximate surface area is 114 Å². The minimum atomic E-state index is 0.0514. The third-order valence-corrected chi connectivity index (χ3v) is 3.36. The zero-order valence-corrected chi connectivity index (χ0v) is 12.0. The Morgan fingerprint density at radius 1 is 1.39 bits per heavy atom. The third kappa shape index (κ3) is 3.85. The third-order valence-electron chi connectivity index (χ3n) is 3.02. The zero-order valence-electron chi connectivity index (χ0n) is 11.3. The summed E-state index contributed by atoms with van der Waals surface area (Å²) in [5, 5.41) is 4.07. The largest absolute Gasteiger partial charge is 0.474 e. The van der Waals surface area contributed by atoms with Crippen molar-refractivity contribution < 1.29 is 4.74 Å². The molecule has 4 heteroatoms. The van der Waals surface area contributed by atoms with Gasteiger partial charge in [0.05, 0.1) is 10.7 Å². The molecule has 0 bridgehead atoms. The van der Waals surface area contributed by atoms with E-state index in [1.54, 1.807) is 0 Å². The lowest BCUT2D eigenvalue weighted by molar-refractivity contribution is 0.114. The van der Waals surface area contributed by atoms with Crippen molar-refractivity contribution in [2.75, 3.05) is 0 Å². The number of ether oxygens (including phenoxy) is 1. The Morgan fingerprint density at radius 2 is 2.11 bits per heavy atom. The van der Waals surface area contributed by atoms with Crippen molar-refractivity contribution in [3.63, 3.8) is 0 Å². The van der Waals surface area contributed by atoms with Crippen LogP contribution in [0.25, 0.3) is 0 Å². The second-order valence-electron chi connectivity index (χ2n) is 5.85. The number of aromatic nitrogens is 1. The summed E-state index contributed by atoms with van der Waals surface area (Å²) in [4.78, 5) is 4.48. The summed E-state index contributed by atoms with van der Waals surface area (Å²) in [5.74, 6) is 0.690. The first-order valence-corrected chi connectivity index (χ1v) is 6.89. The van der Waals surface area contributed by atoms with E-state index >= 15 is 0 Å². The van der Waals surface area contributed by atoms with Gasteiger partial charge in [-0.15, -0.1) is 0 Å². The van der Waals surface area contributed by atoms with E-state index in [9.17, 15) is 0 Å². The highest BCUT2D eigenvalue weighted by Gasteiger charge is 2.20. The summed E-state index contributed by atoms with van der Waals surface area (Å²) in [6, 6.07) is 3.71. The molecule has 0 spiro atoms. The summed E-state index contributed by atoms with van der Waals surface area (Å²) in [6.07, 6.45) is 3.89. The molecule has 0 amide bonds. The van der Waals surface area contributed by atoms with Crippen LogP contribution in [0.3, 0.4) is 0 Å². The normalized spacial score (nSPS) is 16.4. The lowest BCUT2D eigenvalue weighted by Crippen LogP contribution is -2.35. The van der Waals surface area contributed by atoms with Gasteiger partial charge in [-0.2, -0.15) is 0 Å². The van der Waals surface area contributed by atoms with Crippen LogP contribution in [-0.2, 0) is 6.54 Å². The van der Waals surface area contributed by atoms with Crippen molar-refractivity contribution in [2.24, 2.45) is 0 Å². The molecular formula is C14H21ClN2O. The van der Waals surface area contributed by atoms with E-state index < -0.39 is 0 Å². The fourth-order valence-corrected chi connectivity index (χ4v) is 1.83. The fourth-order valence-electron chi connectivity index (χ4n) is 1.66. The van der Waals surface area contributed by atoms with Crippen LogP contribution in [0.4, 0.5) is 0 Å². The van der Waals surface area contributed by atoms with Gasteiger partial charge in [-0.3, -0.25) is 0 Å². The molecule has 1 aliphatic carbocycles. The summed E-state index contributed by atoms with van der Waals surface area (Å²) in [7, 11) is 0. The van der Waals surface area contributed by atoms with Gasteiger partial charge in [0, 0.05) is 18.2 Å². The standard InChI is InChI=1S/C14H21ClN2O/c1-14(2,3)16-9-12-11(15)7-8-13(17-12)18-10-5-4-6-10/h7-8,10,16H,4-6,9H2,1-3H3. The lowest BCUT2D eigenvalue weighted by atomic mass is 9.96. The summed E-state index contributed by atoms with van der Waals surface area (Å²) in [5.41, 5.74) is 0.902. The molecule has 0 unspecified atom stereocenters. The number of rotatable bonds is 4. The van der Waals surface area contributed by atoms with Gasteiger partial charge in [0.15, 0.2) is 0 Å². The minimum Gasteiger partial charge on any atom is -0.474 e. The Kier molecular flexibility index (Phi) is 4.13. The summed E-state index contributed by atoms with van der Waals surface area (Å²) in [6.45, 7) is 7.02. The van der Waals surface area contributed by atoms with Crippen molar-refractivity contribution in [1.82, 2.24) is 10.3 Å². The van der Waals surface area contributed by atoms with Crippen molar-refractivity contribution in [2.45, 2.75) is 58.2 Å². The minimum absolute atomic E-state index is 0.0514. The van der Waals surface area contributed by atoms with Gasteiger partial charge in [0.25, 0.3) is 0 Å². The van der Waals surface area contributed by atoms with Crippen LogP contribution in [0.5, 0.6) is 5.88 Å². The predicted molar refractivity (Wildman–Crippen MR) is 74.1 cm³/mol. The molecule has 100 valence electrons. The number of nitrogens with one attached hydrogen (secondary N) is 1. The van der Waals surface area contributed by atoms with Gasteiger partial charge in [0.2, 0.25) is 5.88 Å². The first-order chi connectivity index (χ1) is 8.44. The molecule has 18 heavy (non-hydrogen) atoms. The number of hydrogen-bond donors (Lipinski definition) is 1. The first-order valence-electron chi connectivity index (χ1n) is 6.51. The van der Waals surface area contributed by atoms with Crippen LogP contribution in [-0.4, -0.2) is 16.6 Å². The van der Waals surface area contributed by atoms with Crippen LogP contribution < -0.4 is 10.1 Å². The van der Waals surface area contributed by atoms with E-state index in [0.717, 1.165) is 18.5 Å². The highest BCUT2D eigenvalue weighted by Crippen LogP contribution is 2.25. The molecule has 2 rings (SSSR count). The van der Waals surface area contributed by atoms with Gasteiger partial charge >= 0.3 is 0 Å². The van der Waals surface area contributed by atoms with Gasteiger partial charge in [-0.1, -0.05) is 11.6 Å². The maximum absolute atomic E-state index is 6.15. The molecular weight excluding hydrogens is 248 g/mol. The maximum atomic E-state index is 6.15. The maximum Gasteiger partial charge on any atom is 0.213 e. The van der Waals surface area contributed by atoms with Gasteiger partial charge in [-0.05, 0) is 46.1 Å². The predicted octanol–water partition coefficient (Wildman–Crippen LogP) is 3.55. The molecule has 1 fully saturated rings. The average Bonchev–Trinajstić information content (AvgIpc) is 2.22. The smallest absolute Gasteiger partial charge is 0.213 e. The van der Waals surface area contributed by atoms with Crippen molar-refractivity contribution >= 4 is 11.6 Å². The Bertz CT molecular complexity index is 411. The number of halogens is 1. The van der Waals surface area contributed by atoms with Gasteiger partial charge in [-0.25, -0.2) is 4.98 Å². The average molecular weight is 269 g/mol. The van der Waals surface area contributed by atoms with Crippen LogP contribution >= 0.6 is 11.6 Å². The molecule has 1 aliphatic rings. The number of nitrogens with zero attached hydrogens (tertiary/aromatic N) is 1. The molecule has 3 nitrogen and oxygen atoms in total. The molecule has 1 N–H and O–H groups in total. The highest BCUT2D eigenvalue weighted by atomic mass is 35.5. The summed E-state index contributed by atoms with van der Waals surface area (Å²) >= 11 is 6.15. The topological polar surface area (TPSA) is 34.2 Å². The quantitative estimate of drug-likeness (QED) is 0.907. The second-order valence-corrected chi connectivity index (χ2v) is 6.26. The fraction of sp³-hybridized carbons (Fsp3) is 0.643. The Morgan fingerprint density at radius 3 is 2.67 bits per heavy atom. The Hall–Kier alpha value is -0.800. The molecule has 1 heterocycles. The SMILES string of the molecule is CC(C)(C)NCc1nc(OC2CCC2)ccc1Cl. The van der Waals surface area contributed by atoms with Crippen LogP contribution in [0.15, 0.2) is 12.1 Å². The molecule has 0 saturated heterocycles. The lowest BCUT2D eigenvalue weighted by Gasteiger charge is -2.26. The number of pyridine rings is 1. The van der Waals surface area contributed by atoms with E-state index in [-0.39, 0.29) is 5.54 Å². The van der Waals surface area contributed by atoms with E-state index in [1.165, 1.54) is 6.42 Å². The molecule has 0 aliphatic heterocycles. The van der Waals surface area contributed by atoms with Crippen LogP contribution in [0.2, 0.25) is 5.02 Å². The van der Waals surface area contributed by atoms with E-state index in [1.807, 2.05) is 12.1 Å². The first kappa shape index (κ1) is 13.6. The molecule has 0 atom stereocenters. The molecule has 1 aromatic heterocycles. The zero-order chi connectivity index (χ0) is 13.2. The van der Waals surface area contributed by atoms with Crippen LogP contribution in [0.1, 0.15) is 45.7 Å². The van der Waals surface area contributed by atoms with E-state index in [2.05, 4.69) is 31.1 Å².